The molecule has 1 atom stereocenters. The summed E-state index contributed by atoms with van der Waals surface area (Å²) in [5, 5.41) is 8.99. The topological polar surface area (TPSA) is 58.2 Å². The van der Waals surface area contributed by atoms with E-state index in [-0.39, 0.29) is 11.9 Å². The molecule has 1 N–H and O–H groups in total. The molecule has 0 aliphatic carbocycles. The van der Waals surface area contributed by atoms with Gasteiger partial charge in [-0.2, -0.15) is 5.10 Å². The van der Waals surface area contributed by atoms with Gasteiger partial charge < -0.3 is 9.64 Å². The van der Waals surface area contributed by atoms with Gasteiger partial charge in [0.05, 0.1) is 11.1 Å². The average molecular weight is 451 g/mol. The lowest BCUT2D eigenvalue weighted by atomic mass is 9.96. The standard InChI is InChI=1S/C21H18Cl3N3O2/c1-29-10-2-9-27-20(12-3-5-13(22)6-4-12)17-18(25-26-19(17)21(27)28)15-8-7-14(23)11-16(15)24/h3-8,11,20H,2,9-10H2,1H3,(H,25,26). The van der Waals surface area contributed by atoms with Crippen LogP contribution >= 0.6 is 34.8 Å². The number of carbonyl (C=O) groups is 1. The van der Waals surface area contributed by atoms with Crippen molar-refractivity contribution in [2.24, 2.45) is 0 Å². The van der Waals surface area contributed by atoms with Gasteiger partial charge in [0.2, 0.25) is 0 Å². The molecule has 0 saturated carbocycles. The predicted molar refractivity (Wildman–Crippen MR) is 115 cm³/mol. The first-order chi connectivity index (χ1) is 14.0. The fourth-order valence-electron chi connectivity index (χ4n) is 3.68. The molecule has 2 aromatic carbocycles. The van der Waals surface area contributed by atoms with Crippen LogP contribution in [0, 0.1) is 0 Å². The minimum atomic E-state index is -0.299. The van der Waals surface area contributed by atoms with Crippen LogP contribution in [-0.2, 0) is 4.74 Å². The number of rotatable bonds is 6. The molecular formula is C21H18Cl3N3O2. The highest BCUT2D eigenvalue weighted by atomic mass is 35.5. The van der Waals surface area contributed by atoms with E-state index in [9.17, 15) is 4.79 Å². The Kier molecular flexibility index (Phi) is 5.83. The van der Waals surface area contributed by atoms with Gasteiger partial charge >= 0.3 is 0 Å². The van der Waals surface area contributed by atoms with E-state index >= 15 is 0 Å². The smallest absolute Gasteiger partial charge is 0.273 e. The number of aromatic nitrogens is 2. The Labute approximate surface area is 183 Å². The lowest BCUT2D eigenvalue weighted by Crippen LogP contribution is -2.31. The first kappa shape index (κ1) is 20.2. The summed E-state index contributed by atoms with van der Waals surface area (Å²) in [6.07, 6.45) is 0.723. The van der Waals surface area contributed by atoms with Gasteiger partial charge in [-0.3, -0.25) is 9.89 Å². The van der Waals surface area contributed by atoms with Crippen molar-refractivity contribution in [1.82, 2.24) is 15.1 Å². The Hall–Kier alpha value is -2.05. The van der Waals surface area contributed by atoms with Crippen LogP contribution in [0.1, 0.15) is 34.1 Å². The van der Waals surface area contributed by atoms with Crippen molar-refractivity contribution in [2.75, 3.05) is 20.3 Å². The molecule has 5 nitrogen and oxygen atoms in total. The summed E-state index contributed by atoms with van der Waals surface area (Å²) in [5.74, 6) is -0.0973. The summed E-state index contributed by atoms with van der Waals surface area (Å²) in [6.45, 7) is 1.12. The quantitative estimate of drug-likeness (QED) is 0.496. The monoisotopic (exact) mass is 449 g/mol. The number of benzene rings is 2. The second-order valence-electron chi connectivity index (χ2n) is 6.78. The van der Waals surface area contributed by atoms with E-state index in [1.807, 2.05) is 35.2 Å². The Bertz CT molecular complexity index is 1050. The van der Waals surface area contributed by atoms with Crippen LogP contribution in [0.3, 0.4) is 0 Å². The maximum atomic E-state index is 13.2. The number of fused-ring (bicyclic) bond motifs is 1. The molecule has 3 aromatic rings. The first-order valence-electron chi connectivity index (χ1n) is 9.10. The summed E-state index contributed by atoms with van der Waals surface area (Å²) in [4.78, 5) is 15.0. The molecule has 0 bridgehead atoms. The largest absolute Gasteiger partial charge is 0.385 e. The summed E-state index contributed by atoms with van der Waals surface area (Å²) >= 11 is 18.6. The number of hydrogen-bond acceptors (Lipinski definition) is 3. The van der Waals surface area contributed by atoms with Crippen LogP contribution in [0.5, 0.6) is 0 Å². The molecule has 1 unspecified atom stereocenters. The van der Waals surface area contributed by atoms with Gasteiger partial charge in [-0.25, -0.2) is 0 Å². The summed E-state index contributed by atoms with van der Waals surface area (Å²) in [7, 11) is 1.65. The molecule has 0 spiro atoms. The normalized spacial score (nSPS) is 15.8. The van der Waals surface area contributed by atoms with E-state index in [4.69, 9.17) is 39.5 Å². The number of nitrogens with zero attached hydrogens (tertiary/aromatic N) is 2. The molecule has 0 saturated heterocycles. The van der Waals surface area contributed by atoms with Crippen molar-refractivity contribution in [3.8, 4) is 11.3 Å². The van der Waals surface area contributed by atoms with Crippen molar-refractivity contribution in [2.45, 2.75) is 12.5 Å². The Morgan fingerprint density at radius 2 is 1.83 bits per heavy atom. The number of carbonyl (C=O) groups excluding carboxylic acids is 1. The Balaban J connectivity index is 1.83. The number of hydrogen-bond donors (Lipinski definition) is 1. The van der Waals surface area contributed by atoms with Crippen LogP contribution in [0.25, 0.3) is 11.3 Å². The molecule has 0 radical (unpaired) electrons. The molecule has 8 heteroatoms. The average Bonchev–Trinajstić information content (AvgIpc) is 3.23. The van der Waals surface area contributed by atoms with Crippen molar-refractivity contribution >= 4 is 40.7 Å². The van der Waals surface area contributed by atoms with Gasteiger partial charge in [0.15, 0.2) is 0 Å². The van der Waals surface area contributed by atoms with Crippen LogP contribution in [-0.4, -0.2) is 41.3 Å². The van der Waals surface area contributed by atoms with E-state index in [0.29, 0.717) is 39.6 Å². The Morgan fingerprint density at radius 3 is 2.52 bits per heavy atom. The van der Waals surface area contributed by atoms with E-state index in [2.05, 4.69) is 10.2 Å². The van der Waals surface area contributed by atoms with Crippen LogP contribution in [0.15, 0.2) is 42.5 Å². The van der Waals surface area contributed by atoms with Gasteiger partial charge in [-0.1, -0.05) is 46.9 Å². The van der Waals surface area contributed by atoms with Gasteiger partial charge in [0, 0.05) is 41.4 Å². The van der Waals surface area contributed by atoms with Crippen LogP contribution < -0.4 is 0 Å². The summed E-state index contributed by atoms with van der Waals surface area (Å²) in [5.41, 5.74) is 3.59. The zero-order valence-electron chi connectivity index (χ0n) is 15.6. The second-order valence-corrected chi connectivity index (χ2v) is 8.06. The third-order valence-electron chi connectivity index (χ3n) is 4.98. The maximum absolute atomic E-state index is 13.2. The lowest BCUT2D eigenvalue weighted by molar-refractivity contribution is 0.0723. The minimum absolute atomic E-state index is 0.0973. The summed E-state index contributed by atoms with van der Waals surface area (Å²) < 4.78 is 5.17. The SMILES string of the molecule is COCCCN1C(=O)c2[nH]nc(-c3ccc(Cl)cc3Cl)c2C1c1ccc(Cl)cc1. The molecular weight excluding hydrogens is 433 g/mol. The van der Waals surface area contributed by atoms with Crippen molar-refractivity contribution in [1.29, 1.82) is 0 Å². The zero-order valence-corrected chi connectivity index (χ0v) is 17.9. The number of amides is 1. The number of H-pyrrole nitrogens is 1. The zero-order chi connectivity index (χ0) is 20.5. The molecule has 1 amide bonds. The van der Waals surface area contributed by atoms with E-state index in [1.54, 1.807) is 19.2 Å². The highest BCUT2D eigenvalue weighted by Gasteiger charge is 2.42. The van der Waals surface area contributed by atoms with E-state index in [1.165, 1.54) is 0 Å². The fourth-order valence-corrected chi connectivity index (χ4v) is 4.31. The van der Waals surface area contributed by atoms with E-state index < -0.39 is 0 Å². The molecule has 2 heterocycles. The predicted octanol–water partition coefficient (Wildman–Crippen LogP) is 5.62. The van der Waals surface area contributed by atoms with Crippen LogP contribution in [0.4, 0.5) is 0 Å². The third kappa shape index (κ3) is 3.76. The number of nitrogens with one attached hydrogen (secondary N) is 1. The van der Waals surface area contributed by atoms with Crippen LogP contribution in [0.2, 0.25) is 15.1 Å². The molecule has 150 valence electrons. The van der Waals surface area contributed by atoms with Crippen molar-refractivity contribution in [3.05, 3.63) is 74.4 Å². The highest BCUT2D eigenvalue weighted by molar-refractivity contribution is 6.36. The summed E-state index contributed by atoms with van der Waals surface area (Å²) in [6, 6.07) is 12.4. The highest BCUT2D eigenvalue weighted by Crippen LogP contribution is 2.44. The van der Waals surface area contributed by atoms with E-state index in [0.717, 1.165) is 23.1 Å². The first-order valence-corrected chi connectivity index (χ1v) is 10.2. The molecule has 1 aliphatic rings. The molecule has 29 heavy (non-hydrogen) atoms. The molecule has 1 aliphatic heterocycles. The van der Waals surface area contributed by atoms with Gasteiger partial charge in [-0.05, 0) is 42.3 Å². The molecule has 0 fully saturated rings. The van der Waals surface area contributed by atoms with Gasteiger partial charge in [-0.15, -0.1) is 0 Å². The second kappa shape index (κ2) is 8.36. The number of halogens is 3. The van der Waals surface area contributed by atoms with Gasteiger partial charge in [0.1, 0.15) is 11.4 Å². The minimum Gasteiger partial charge on any atom is -0.385 e. The maximum Gasteiger partial charge on any atom is 0.273 e. The number of ether oxygens (including phenoxy) is 1. The fraction of sp³-hybridized carbons (Fsp3) is 0.238. The number of methoxy groups -OCH3 is 1. The Morgan fingerprint density at radius 1 is 1.10 bits per heavy atom. The van der Waals surface area contributed by atoms with Crippen molar-refractivity contribution in [3.63, 3.8) is 0 Å². The molecule has 4 rings (SSSR count). The lowest BCUT2D eigenvalue weighted by Gasteiger charge is -2.26. The van der Waals surface area contributed by atoms with Gasteiger partial charge in [0.25, 0.3) is 5.91 Å². The third-order valence-corrected chi connectivity index (χ3v) is 5.78. The number of aromatic amines is 1. The van der Waals surface area contributed by atoms with Crippen molar-refractivity contribution < 1.29 is 9.53 Å². The molecule has 1 aromatic heterocycles.